The lowest BCUT2D eigenvalue weighted by molar-refractivity contribution is -0.206. The average Bonchev–Trinajstić information content (AvgIpc) is 3.46. The quantitative estimate of drug-likeness (QED) is 0.666. The third kappa shape index (κ3) is 3.74. The Bertz CT molecular complexity index is 1180. The van der Waals surface area contributed by atoms with Gasteiger partial charge in [0.25, 0.3) is 10.0 Å². The molecule has 33 heavy (non-hydrogen) atoms. The number of methoxy groups -OCH3 is 1. The Morgan fingerprint density at radius 1 is 1.12 bits per heavy atom. The fraction of sp³-hybridized carbons (Fsp3) is 0.565. The minimum atomic E-state index is -4.19. The van der Waals surface area contributed by atoms with Crippen LogP contribution in [0, 0.1) is 0 Å². The molecule has 1 aromatic heterocycles. The van der Waals surface area contributed by atoms with Gasteiger partial charge in [-0.25, -0.2) is 9.52 Å². The largest absolute Gasteiger partial charge is 0.374 e. The van der Waals surface area contributed by atoms with Crippen molar-refractivity contribution in [1.29, 1.82) is 0 Å². The zero-order chi connectivity index (χ0) is 23.4. The van der Waals surface area contributed by atoms with Crippen LogP contribution in [0.4, 0.5) is 10.5 Å². The second-order valence-corrected chi connectivity index (χ2v) is 11.0. The van der Waals surface area contributed by atoms with E-state index in [9.17, 15) is 13.2 Å². The van der Waals surface area contributed by atoms with Crippen molar-refractivity contribution < 1.29 is 22.7 Å². The number of hydrogen-bond acceptors (Lipinski definition) is 6. The van der Waals surface area contributed by atoms with Crippen molar-refractivity contribution >= 4 is 21.7 Å². The van der Waals surface area contributed by atoms with Crippen LogP contribution in [0.25, 0.3) is 0 Å². The van der Waals surface area contributed by atoms with Crippen molar-refractivity contribution in [3.63, 3.8) is 0 Å². The highest BCUT2D eigenvalue weighted by Gasteiger charge is 2.45. The number of aromatic nitrogens is 2. The molecule has 2 aliphatic carbocycles. The summed E-state index contributed by atoms with van der Waals surface area (Å²) < 4.78 is 40.9. The van der Waals surface area contributed by atoms with Gasteiger partial charge in [0.2, 0.25) is 0 Å². The summed E-state index contributed by atoms with van der Waals surface area (Å²) in [5, 5.41) is 6.96. The number of rotatable bonds is 6. The van der Waals surface area contributed by atoms with E-state index in [4.69, 9.17) is 9.47 Å². The molecule has 1 fully saturated rings. The van der Waals surface area contributed by atoms with E-state index in [2.05, 4.69) is 21.2 Å². The molecule has 1 saturated heterocycles. The van der Waals surface area contributed by atoms with E-state index in [-0.39, 0.29) is 11.1 Å². The highest BCUT2D eigenvalue weighted by atomic mass is 32.2. The first-order chi connectivity index (χ1) is 15.7. The topological polar surface area (TPSA) is 112 Å². The molecule has 2 aromatic rings. The number of amides is 2. The van der Waals surface area contributed by atoms with Crippen LogP contribution in [0.5, 0.6) is 0 Å². The van der Waals surface area contributed by atoms with E-state index in [0.717, 1.165) is 55.3 Å². The number of sulfonamides is 1. The molecule has 0 spiro atoms. The van der Waals surface area contributed by atoms with Crippen molar-refractivity contribution in [1.82, 2.24) is 14.5 Å². The Morgan fingerprint density at radius 3 is 2.27 bits per heavy atom. The van der Waals surface area contributed by atoms with Gasteiger partial charge in [0.1, 0.15) is 0 Å². The maximum atomic E-state index is 13.1. The maximum Gasteiger partial charge on any atom is 0.333 e. The Kier molecular flexibility index (Phi) is 5.49. The third-order valence-corrected chi connectivity index (χ3v) is 8.15. The molecule has 2 heterocycles. The number of aryl methyl sites for hydroxylation is 2. The Labute approximate surface area is 193 Å². The lowest BCUT2D eigenvalue weighted by atomic mass is 9.97. The van der Waals surface area contributed by atoms with Crippen molar-refractivity contribution in [2.24, 2.45) is 0 Å². The summed E-state index contributed by atoms with van der Waals surface area (Å²) >= 11 is 0. The minimum absolute atomic E-state index is 0.0973. The van der Waals surface area contributed by atoms with Crippen LogP contribution >= 0.6 is 0 Å². The van der Waals surface area contributed by atoms with Gasteiger partial charge in [0, 0.05) is 24.9 Å². The fourth-order valence-corrected chi connectivity index (χ4v) is 6.04. The number of ether oxygens (including phenoxy) is 2. The first kappa shape index (κ1) is 22.4. The summed E-state index contributed by atoms with van der Waals surface area (Å²) in [6.45, 7) is 4.46. The number of fused-ring (bicyclic) bond motifs is 2. The minimum Gasteiger partial charge on any atom is -0.374 e. The van der Waals surface area contributed by atoms with Gasteiger partial charge in [-0.3, -0.25) is 4.68 Å². The van der Waals surface area contributed by atoms with Gasteiger partial charge >= 0.3 is 6.03 Å². The van der Waals surface area contributed by atoms with Gasteiger partial charge in [0.15, 0.2) is 10.6 Å². The first-order valence-electron chi connectivity index (χ1n) is 11.5. The van der Waals surface area contributed by atoms with Crippen LogP contribution in [0.15, 0.2) is 17.2 Å². The highest BCUT2D eigenvalue weighted by Crippen LogP contribution is 2.39. The zero-order valence-corrected chi connectivity index (χ0v) is 20.0. The standard InChI is InChI=1S/C23H30N4O5S/c1-14(2)27-19(23(31-3)12-32-13-23)11-20(25-27)33(29,30)26-22(28)24-21-17-8-4-6-15(17)10-16-7-5-9-18(16)21/h10-11,14H,4-9,12-13H2,1-3H3,(H2,24,26,28). The van der Waals surface area contributed by atoms with E-state index in [0.29, 0.717) is 18.9 Å². The molecule has 1 aromatic carbocycles. The molecule has 3 aliphatic rings. The Morgan fingerprint density at radius 2 is 1.76 bits per heavy atom. The van der Waals surface area contributed by atoms with Crippen molar-refractivity contribution in [2.45, 2.75) is 69.0 Å². The van der Waals surface area contributed by atoms with Crippen molar-refractivity contribution in [3.8, 4) is 0 Å². The Balaban J connectivity index is 1.41. The number of carbonyl (C=O) groups is 1. The molecule has 10 heteroatoms. The molecule has 2 N–H and O–H groups in total. The predicted molar refractivity (Wildman–Crippen MR) is 122 cm³/mol. The molecule has 0 unspecified atom stereocenters. The van der Waals surface area contributed by atoms with Crippen LogP contribution in [-0.4, -0.2) is 44.6 Å². The molecule has 0 atom stereocenters. The number of nitrogens with one attached hydrogen (secondary N) is 2. The normalized spacial score (nSPS) is 18.7. The van der Waals surface area contributed by atoms with Gasteiger partial charge in [-0.2, -0.15) is 13.5 Å². The summed E-state index contributed by atoms with van der Waals surface area (Å²) in [6.07, 6.45) is 5.89. The number of hydrogen-bond donors (Lipinski definition) is 2. The SMILES string of the molecule is COC1(c2cc(S(=O)(=O)NC(=O)Nc3c4c(cc5c3CCC5)CCC4)nn2C(C)C)COC1. The summed E-state index contributed by atoms with van der Waals surface area (Å²) in [7, 11) is -2.62. The Hall–Kier alpha value is -2.43. The summed E-state index contributed by atoms with van der Waals surface area (Å²) in [5.41, 5.74) is 5.49. The van der Waals surface area contributed by atoms with Crippen LogP contribution in [-0.2, 0) is 50.8 Å². The zero-order valence-electron chi connectivity index (χ0n) is 19.2. The molecule has 5 rings (SSSR count). The van der Waals surface area contributed by atoms with Gasteiger partial charge in [0.05, 0.1) is 18.9 Å². The molecule has 0 saturated carbocycles. The van der Waals surface area contributed by atoms with Crippen LogP contribution in [0.2, 0.25) is 0 Å². The van der Waals surface area contributed by atoms with Crippen molar-refractivity contribution in [2.75, 3.05) is 25.6 Å². The van der Waals surface area contributed by atoms with Gasteiger partial charge in [-0.15, -0.1) is 0 Å². The summed E-state index contributed by atoms with van der Waals surface area (Å²) in [5.74, 6) is 0. The molecule has 2 amide bonds. The molecule has 178 valence electrons. The van der Waals surface area contributed by atoms with E-state index in [1.165, 1.54) is 17.2 Å². The summed E-state index contributed by atoms with van der Waals surface area (Å²) in [4.78, 5) is 12.9. The van der Waals surface area contributed by atoms with Gasteiger partial charge in [-0.05, 0) is 74.6 Å². The molecular weight excluding hydrogens is 444 g/mol. The second-order valence-electron chi connectivity index (χ2n) is 9.39. The smallest absolute Gasteiger partial charge is 0.333 e. The summed E-state index contributed by atoms with van der Waals surface area (Å²) in [6, 6.07) is 2.87. The molecule has 0 bridgehead atoms. The monoisotopic (exact) mass is 474 g/mol. The first-order valence-corrected chi connectivity index (χ1v) is 13.0. The van der Waals surface area contributed by atoms with Crippen molar-refractivity contribution in [3.05, 3.63) is 40.1 Å². The van der Waals surface area contributed by atoms with E-state index in [1.807, 2.05) is 13.8 Å². The van der Waals surface area contributed by atoms with Crippen LogP contribution in [0.3, 0.4) is 0 Å². The third-order valence-electron chi connectivity index (χ3n) is 6.94. The van der Waals surface area contributed by atoms with E-state index >= 15 is 0 Å². The second kappa shape index (κ2) is 8.11. The molecule has 0 radical (unpaired) electrons. The number of benzene rings is 1. The maximum absolute atomic E-state index is 13.1. The number of anilines is 1. The average molecular weight is 475 g/mol. The van der Waals surface area contributed by atoms with Crippen LogP contribution < -0.4 is 10.0 Å². The van der Waals surface area contributed by atoms with Gasteiger partial charge < -0.3 is 14.8 Å². The van der Waals surface area contributed by atoms with Gasteiger partial charge in [-0.1, -0.05) is 6.07 Å². The highest BCUT2D eigenvalue weighted by molar-refractivity contribution is 7.90. The number of urea groups is 1. The molecular formula is C23H30N4O5S. The molecule has 9 nitrogen and oxygen atoms in total. The van der Waals surface area contributed by atoms with Crippen LogP contribution in [0.1, 0.15) is 60.7 Å². The molecule has 1 aliphatic heterocycles. The fourth-order valence-electron chi connectivity index (χ4n) is 5.18. The van der Waals surface area contributed by atoms with E-state index in [1.54, 1.807) is 11.8 Å². The number of nitrogens with zero attached hydrogens (tertiary/aromatic N) is 2. The number of carbonyl (C=O) groups excluding carboxylic acids is 1. The lowest BCUT2D eigenvalue weighted by Gasteiger charge is -2.40. The lowest BCUT2D eigenvalue weighted by Crippen LogP contribution is -2.49. The predicted octanol–water partition coefficient (Wildman–Crippen LogP) is 2.82. The van der Waals surface area contributed by atoms with E-state index < -0.39 is 21.7 Å².